The molecule has 0 fully saturated rings. The lowest BCUT2D eigenvalue weighted by molar-refractivity contribution is 0.920. The summed E-state index contributed by atoms with van der Waals surface area (Å²) >= 11 is 0. The second-order valence-corrected chi connectivity index (χ2v) is 6.30. The highest BCUT2D eigenvalue weighted by atomic mass is 14.1. The fourth-order valence-electron chi connectivity index (χ4n) is 2.94. The van der Waals surface area contributed by atoms with Gasteiger partial charge in [-0.15, -0.1) is 0 Å². The monoisotopic (exact) mass is 300 g/mol. The highest BCUT2D eigenvalue weighted by molar-refractivity contribution is 5.64. The van der Waals surface area contributed by atoms with Crippen LogP contribution >= 0.6 is 0 Å². The van der Waals surface area contributed by atoms with Crippen molar-refractivity contribution in [3.8, 4) is 11.1 Å². The lowest BCUT2D eigenvalue weighted by Crippen LogP contribution is -1.96. The largest absolute Gasteiger partial charge is 0.0613 e. The molecule has 0 bridgehead atoms. The van der Waals surface area contributed by atoms with E-state index in [0.717, 1.165) is 6.42 Å². The van der Waals surface area contributed by atoms with Gasteiger partial charge in [0.1, 0.15) is 0 Å². The summed E-state index contributed by atoms with van der Waals surface area (Å²) in [6.07, 6.45) is 1.10. The van der Waals surface area contributed by atoms with E-state index >= 15 is 0 Å². The Balaban J connectivity index is 1.81. The molecule has 0 heteroatoms. The van der Waals surface area contributed by atoms with Gasteiger partial charge in [-0.2, -0.15) is 0 Å². The summed E-state index contributed by atoms with van der Waals surface area (Å²) in [5.74, 6) is 0.424. The summed E-state index contributed by atoms with van der Waals surface area (Å²) in [6.45, 7) is 6.60. The van der Waals surface area contributed by atoms with Crippen molar-refractivity contribution >= 4 is 0 Å². The minimum absolute atomic E-state index is 0.424. The van der Waals surface area contributed by atoms with Gasteiger partial charge in [-0.25, -0.2) is 0 Å². The number of hydrogen-bond acceptors (Lipinski definition) is 0. The van der Waals surface area contributed by atoms with Crippen LogP contribution in [0.1, 0.15) is 42.0 Å². The van der Waals surface area contributed by atoms with Crippen LogP contribution in [-0.4, -0.2) is 0 Å². The third-order valence-corrected chi connectivity index (χ3v) is 4.68. The molecule has 0 nitrogen and oxygen atoms in total. The van der Waals surface area contributed by atoms with Crippen LogP contribution in [0.4, 0.5) is 0 Å². The third-order valence-electron chi connectivity index (χ3n) is 4.68. The molecule has 0 spiro atoms. The van der Waals surface area contributed by atoms with Crippen molar-refractivity contribution in [2.24, 2.45) is 0 Å². The van der Waals surface area contributed by atoms with Gasteiger partial charge in [0.05, 0.1) is 0 Å². The molecule has 0 aliphatic heterocycles. The normalized spacial score (nSPS) is 12.1. The molecule has 0 amide bonds. The predicted octanol–water partition coefficient (Wildman–Crippen LogP) is 6.38. The van der Waals surface area contributed by atoms with Crippen LogP contribution in [0, 0.1) is 6.92 Å². The van der Waals surface area contributed by atoms with Gasteiger partial charge in [0.15, 0.2) is 0 Å². The summed E-state index contributed by atoms with van der Waals surface area (Å²) in [5, 5.41) is 0. The first-order valence-corrected chi connectivity index (χ1v) is 8.43. The lowest BCUT2D eigenvalue weighted by atomic mass is 9.91. The number of aryl methyl sites for hydroxylation is 2. The molecule has 0 N–H and O–H groups in total. The van der Waals surface area contributed by atoms with Crippen LogP contribution in [0.3, 0.4) is 0 Å². The van der Waals surface area contributed by atoms with Gasteiger partial charge in [-0.05, 0) is 41.2 Å². The topological polar surface area (TPSA) is 0 Å². The first-order chi connectivity index (χ1) is 11.2. The smallest absolute Gasteiger partial charge is 0.00610 e. The number of benzene rings is 3. The van der Waals surface area contributed by atoms with Crippen LogP contribution in [0.2, 0.25) is 0 Å². The molecule has 23 heavy (non-hydrogen) atoms. The molecule has 3 aromatic rings. The van der Waals surface area contributed by atoms with E-state index < -0.39 is 0 Å². The van der Waals surface area contributed by atoms with Crippen molar-refractivity contribution in [3.05, 3.63) is 95.1 Å². The molecule has 0 unspecified atom stereocenters. The minimum Gasteiger partial charge on any atom is -0.0613 e. The van der Waals surface area contributed by atoms with Crippen molar-refractivity contribution in [2.75, 3.05) is 0 Å². The fraction of sp³-hybridized carbons (Fsp3) is 0.217. The zero-order valence-electron chi connectivity index (χ0n) is 14.2. The summed E-state index contributed by atoms with van der Waals surface area (Å²) in [4.78, 5) is 0. The fourth-order valence-corrected chi connectivity index (χ4v) is 2.94. The maximum absolute atomic E-state index is 2.28. The Labute approximate surface area is 139 Å². The van der Waals surface area contributed by atoms with E-state index in [-0.39, 0.29) is 0 Å². The predicted molar refractivity (Wildman–Crippen MR) is 100.0 cm³/mol. The Bertz CT molecular complexity index is 747. The van der Waals surface area contributed by atoms with E-state index in [1.165, 1.54) is 33.4 Å². The van der Waals surface area contributed by atoms with Gasteiger partial charge in [0.25, 0.3) is 0 Å². The van der Waals surface area contributed by atoms with E-state index in [9.17, 15) is 0 Å². The van der Waals surface area contributed by atoms with Gasteiger partial charge in [0, 0.05) is 5.92 Å². The minimum atomic E-state index is 0.424. The molecular formula is C23H24. The maximum atomic E-state index is 2.28. The Hall–Kier alpha value is -2.34. The number of rotatable bonds is 4. The molecule has 3 rings (SSSR count). The molecule has 116 valence electrons. The van der Waals surface area contributed by atoms with Gasteiger partial charge in [0.2, 0.25) is 0 Å². The summed E-state index contributed by atoms with van der Waals surface area (Å²) < 4.78 is 0. The molecule has 0 heterocycles. The second-order valence-electron chi connectivity index (χ2n) is 6.30. The van der Waals surface area contributed by atoms with E-state index in [1.807, 2.05) is 0 Å². The highest BCUT2D eigenvalue weighted by Gasteiger charge is 2.08. The first-order valence-electron chi connectivity index (χ1n) is 8.43. The first kappa shape index (κ1) is 15.6. The molecular weight excluding hydrogens is 276 g/mol. The van der Waals surface area contributed by atoms with Crippen molar-refractivity contribution in [1.29, 1.82) is 0 Å². The quantitative estimate of drug-likeness (QED) is 0.524. The van der Waals surface area contributed by atoms with Crippen LogP contribution < -0.4 is 0 Å². The molecule has 0 saturated carbocycles. The number of hydrogen-bond donors (Lipinski definition) is 0. The Morgan fingerprint density at radius 2 is 1.09 bits per heavy atom. The molecule has 0 aliphatic carbocycles. The van der Waals surface area contributed by atoms with Crippen molar-refractivity contribution < 1.29 is 0 Å². The van der Waals surface area contributed by atoms with E-state index in [4.69, 9.17) is 0 Å². The highest BCUT2D eigenvalue weighted by Crippen LogP contribution is 2.27. The molecule has 0 aliphatic rings. The maximum Gasteiger partial charge on any atom is 0.00610 e. The zero-order chi connectivity index (χ0) is 16.2. The molecule has 1 atom stereocenters. The average molecular weight is 300 g/mol. The lowest BCUT2D eigenvalue weighted by Gasteiger charge is -2.14. The summed E-state index contributed by atoms with van der Waals surface area (Å²) in [7, 11) is 0. The Morgan fingerprint density at radius 1 is 0.652 bits per heavy atom. The third kappa shape index (κ3) is 3.53. The summed E-state index contributed by atoms with van der Waals surface area (Å²) in [6, 6.07) is 26.7. The van der Waals surface area contributed by atoms with Gasteiger partial charge in [-0.3, -0.25) is 0 Å². The van der Waals surface area contributed by atoms with Gasteiger partial charge < -0.3 is 0 Å². The molecule has 0 saturated heterocycles. The Morgan fingerprint density at radius 3 is 1.57 bits per heavy atom. The van der Waals surface area contributed by atoms with Crippen molar-refractivity contribution in [2.45, 2.75) is 33.1 Å². The van der Waals surface area contributed by atoms with Gasteiger partial charge >= 0.3 is 0 Å². The van der Waals surface area contributed by atoms with E-state index in [2.05, 4.69) is 93.6 Å². The standard InChI is InChI=1S/C23H24/c1-4-19-7-11-20(12-8-19)18(3)21-13-15-23(16-14-21)22-9-5-17(2)6-10-22/h5-16,18H,4H2,1-3H3/t18-/m1/s1. The van der Waals surface area contributed by atoms with E-state index in [1.54, 1.807) is 0 Å². The average Bonchev–Trinajstić information content (AvgIpc) is 2.62. The Kier molecular flexibility index (Phi) is 4.62. The van der Waals surface area contributed by atoms with E-state index in [0.29, 0.717) is 5.92 Å². The second kappa shape index (κ2) is 6.83. The van der Waals surface area contributed by atoms with Crippen molar-refractivity contribution in [1.82, 2.24) is 0 Å². The van der Waals surface area contributed by atoms with Crippen LogP contribution in [0.25, 0.3) is 11.1 Å². The molecule has 3 aromatic carbocycles. The van der Waals surface area contributed by atoms with Crippen LogP contribution in [0.15, 0.2) is 72.8 Å². The van der Waals surface area contributed by atoms with Gasteiger partial charge in [-0.1, -0.05) is 92.2 Å². The van der Waals surface area contributed by atoms with Crippen LogP contribution in [0.5, 0.6) is 0 Å². The van der Waals surface area contributed by atoms with Crippen molar-refractivity contribution in [3.63, 3.8) is 0 Å². The molecule has 0 radical (unpaired) electrons. The zero-order valence-corrected chi connectivity index (χ0v) is 14.2. The SMILES string of the molecule is CCc1ccc([C@@H](C)c2ccc(-c3ccc(C)cc3)cc2)cc1. The molecule has 0 aromatic heterocycles. The van der Waals surface area contributed by atoms with Crippen LogP contribution in [-0.2, 0) is 6.42 Å². The summed E-state index contributed by atoms with van der Waals surface area (Å²) in [5.41, 5.74) is 8.00.